The number of nitrogens with two attached hydrogens (primary N) is 1. The van der Waals surface area contributed by atoms with E-state index in [2.05, 4.69) is 167 Å². The number of nitrogens with zero attached hydrogens (tertiary/aromatic N) is 4. The molecular weight excluding hydrogens is 1360 g/mol. The summed E-state index contributed by atoms with van der Waals surface area (Å²) in [5, 5.41) is 14.4. The molecule has 0 aliphatic heterocycles. The van der Waals surface area contributed by atoms with Crippen molar-refractivity contribution < 1.29 is 36.5 Å². The van der Waals surface area contributed by atoms with Crippen LogP contribution in [0.15, 0.2) is 8.83 Å². The summed E-state index contributed by atoms with van der Waals surface area (Å²) >= 11 is 20.0. The summed E-state index contributed by atoms with van der Waals surface area (Å²) < 4.78 is 9.74. The van der Waals surface area contributed by atoms with Crippen molar-refractivity contribution >= 4 is 139 Å². The molecule has 2 rings (SSSR count). The van der Waals surface area contributed by atoms with Gasteiger partial charge in [0.05, 0.1) is 0 Å². The molecule has 0 radical (unpaired) electrons. The number of alkyl halides is 2. The molecule has 13 nitrogen and oxygen atoms in total. The van der Waals surface area contributed by atoms with Gasteiger partial charge in [0.1, 0.15) is 11.8 Å². The molecule has 2 aromatic rings. The third kappa shape index (κ3) is 120. The molecule has 2 aromatic heterocycles. The molecule has 304 valence electrons. The predicted molar refractivity (Wildman–Crippen MR) is 252 cm³/mol. The normalized spacial score (nSPS) is 7.18. The molecule has 0 aromatic carbocycles. The monoisotopic (exact) mass is 1420 g/mol. The third-order valence-electron chi connectivity index (χ3n) is 2.01. The Labute approximate surface area is 378 Å². The van der Waals surface area contributed by atoms with E-state index in [1.807, 2.05) is 5.43 Å². The number of carbonyl (C=O) groups excluding carboxylic acids is 3. The number of hydrogen-bond donors (Lipinski definition) is 4. The topological polar surface area (TPSA) is 191 Å². The molecule has 0 saturated heterocycles. The van der Waals surface area contributed by atoms with Crippen molar-refractivity contribution in [3.63, 3.8) is 0 Å². The first-order chi connectivity index (χ1) is 21.6. The molecule has 0 aliphatic carbocycles. The van der Waals surface area contributed by atoms with Gasteiger partial charge in [-0.05, 0) is 0 Å². The molecule has 0 unspecified atom stereocenters. The van der Waals surface area contributed by atoms with Gasteiger partial charge in [-0.25, -0.2) is 5.84 Å². The van der Waals surface area contributed by atoms with Crippen LogP contribution in [-0.2, 0) is 20.3 Å². The molecule has 2 heterocycles. The fraction of sp³-hybridized carbons (Fsp3) is 0.750. The van der Waals surface area contributed by atoms with Gasteiger partial charge in [-0.15, -0.1) is 67.6 Å². The number of carbonyl (C=O) groups is 3. The Hall–Kier alpha value is 1.61. The van der Waals surface area contributed by atoms with Crippen LogP contribution in [-0.4, -0.2) is 44.0 Å². The second-order valence-electron chi connectivity index (χ2n) is 7.63. The summed E-state index contributed by atoms with van der Waals surface area (Å²) in [6.07, 6.45) is 5.00. The number of halogens is 8. The van der Waals surface area contributed by atoms with Crippen LogP contribution in [0.2, 0.25) is 0 Å². The second-order valence-corrected chi connectivity index (χ2v) is 24.4. The average Bonchev–Trinajstić information content (AvgIpc) is 3.61. The van der Waals surface area contributed by atoms with Gasteiger partial charge in [0.25, 0.3) is 5.91 Å². The van der Waals surface area contributed by atoms with Gasteiger partial charge in [-0.2, -0.15) is 0 Å². The fourth-order valence-corrected chi connectivity index (χ4v) is 1.15. The van der Waals surface area contributed by atoms with Crippen LogP contribution in [0, 0.1) is 20.8 Å². The van der Waals surface area contributed by atoms with Gasteiger partial charge in [0.15, 0.2) is 0 Å². The van der Waals surface area contributed by atoms with Crippen molar-refractivity contribution in [2.45, 2.75) is 136 Å². The van der Waals surface area contributed by atoms with E-state index in [4.69, 9.17) is 32.0 Å². The summed E-state index contributed by atoms with van der Waals surface area (Å²) in [7, 11) is 0. The number of hydrogen-bond acceptors (Lipinski definition) is 10. The summed E-state index contributed by atoms with van der Waals surface area (Å²) in [5.41, 5.74) is 6.02. The minimum atomic E-state index is -0.424. The number of nitrogens with one attached hydrogen (secondary N) is 3. The Kier molecular flexibility index (Phi) is 127. The quantitative estimate of drug-likeness (QED) is 0.0749. The molecule has 5 N–H and O–H groups in total. The van der Waals surface area contributed by atoms with Crippen LogP contribution in [0.25, 0.3) is 0 Å². The molecule has 0 aliphatic rings. The number of amides is 3. The molecule has 0 atom stereocenters. The Bertz CT molecular complexity index is 821. The van der Waals surface area contributed by atoms with Gasteiger partial charge in [0, 0.05) is 71.9 Å². The zero-order valence-corrected chi connectivity index (χ0v) is 44.3. The Balaban J connectivity index is -0.0000000376. The Morgan fingerprint density at radius 3 is 1.08 bits per heavy atom. The summed E-state index contributed by atoms with van der Waals surface area (Å²) in [5.74, 6) is 6.02. The van der Waals surface area contributed by atoms with E-state index in [1.165, 1.54) is 39.5 Å². The van der Waals surface area contributed by atoms with Gasteiger partial charge >= 0.3 is 50.5 Å². The van der Waals surface area contributed by atoms with Crippen LogP contribution >= 0.6 is 122 Å². The summed E-state index contributed by atoms with van der Waals surface area (Å²) in [6.45, 7) is 24.9. The van der Waals surface area contributed by atoms with Crippen LogP contribution < -0.4 is 35.4 Å². The number of rotatable bonds is 2. The van der Waals surface area contributed by atoms with Crippen molar-refractivity contribution in [3.05, 3.63) is 23.6 Å². The Morgan fingerprint density at radius 1 is 0.694 bits per heavy atom. The van der Waals surface area contributed by atoms with Gasteiger partial charge < -0.3 is 8.83 Å². The molecule has 0 fully saturated rings. The van der Waals surface area contributed by atoms with Crippen molar-refractivity contribution in [2.24, 2.45) is 5.84 Å². The maximum absolute atomic E-state index is 10.3. The minimum absolute atomic E-state index is 0. The van der Waals surface area contributed by atoms with E-state index in [1.54, 1.807) is 20.8 Å². The first kappa shape index (κ1) is 79.4. The molecule has 0 bridgehead atoms. The predicted octanol–water partition coefficient (Wildman–Crippen LogP) is 8.29. The average molecular weight is 1430 g/mol. The third-order valence-corrected chi connectivity index (χ3v) is 2.48. The van der Waals surface area contributed by atoms with E-state index < -0.39 is 5.91 Å². The van der Waals surface area contributed by atoms with Crippen molar-refractivity contribution in [1.29, 1.82) is 0 Å². The SMILES string of the molecule is C.C.CC(=O)NN.CC(=O)NNC(=O)CCl.CCC.CCC.CCC.CCC.Cc1nnc(C)o1.Cc1nnc(CCl)o1.I.II.I[I-]I. The van der Waals surface area contributed by atoms with Crippen molar-refractivity contribution in [1.82, 2.24) is 36.7 Å². The Morgan fingerprint density at radius 2 is 0.959 bits per heavy atom. The van der Waals surface area contributed by atoms with Gasteiger partial charge in [-0.1, -0.05) is 95.9 Å². The molecular formula is C28H65Cl2I6N8O5-. The van der Waals surface area contributed by atoms with Gasteiger partial charge in [-0.3, -0.25) is 30.7 Å². The van der Waals surface area contributed by atoms with E-state index >= 15 is 0 Å². The summed E-state index contributed by atoms with van der Waals surface area (Å²) in [6, 6.07) is 0. The molecule has 0 spiro atoms. The molecule has 0 saturated carbocycles. The van der Waals surface area contributed by atoms with E-state index in [9.17, 15) is 14.4 Å². The zero-order chi connectivity index (χ0) is 38.4. The fourth-order valence-electron chi connectivity index (χ4n) is 0.978. The molecule has 49 heavy (non-hydrogen) atoms. The molecule has 3 amide bonds. The maximum atomic E-state index is 10.3. The molecule has 21 heteroatoms. The van der Waals surface area contributed by atoms with Crippen molar-refractivity contribution in [2.75, 3.05) is 5.88 Å². The second kappa shape index (κ2) is 78.6. The number of aryl methyl sites for hydroxylation is 3. The van der Waals surface area contributed by atoms with E-state index in [-0.39, 0.29) is 56.5 Å². The summed E-state index contributed by atoms with van der Waals surface area (Å²) in [4.78, 5) is 29.9. The first-order valence-electron chi connectivity index (χ1n) is 13.8. The number of hydrazine groups is 2. The van der Waals surface area contributed by atoms with E-state index in [0.717, 1.165) is 0 Å². The van der Waals surface area contributed by atoms with E-state index in [0.29, 0.717) is 42.7 Å². The standard InChI is InChI=1S/C4H7ClN2O2.C4H5ClN2O.C4H6N2O.4C3H8.C2H6N2O.2CH4.I3.I2.HI/c1-3(8)6-7-4(9)2-5;1-3-6-7-4(2-5)8-3;1-3-5-6-4(2)7-3;4*1-3-2;1-2(5)4-3;;;1-3-2;1-2;/h2H2,1H3,(H,6,8)(H,7,9);2H2,1H3;1-2H3;4*3H2,1-2H3;3H2,1H3,(H,4,5);2*1H4;;;1H/q;;;;;;;;;;-1;;. The van der Waals surface area contributed by atoms with Gasteiger partial charge in [0.2, 0.25) is 35.4 Å². The van der Waals surface area contributed by atoms with Crippen LogP contribution in [0.5, 0.6) is 0 Å². The van der Waals surface area contributed by atoms with Crippen molar-refractivity contribution in [3.8, 4) is 0 Å². The zero-order valence-electron chi connectivity index (χ0n) is 29.7. The number of aromatic nitrogens is 4. The van der Waals surface area contributed by atoms with Crippen LogP contribution in [0.4, 0.5) is 0 Å². The van der Waals surface area contributed by atoms with Crippen LogP contribution in [0.1, 0.15) is 133 Å². The van der Waals surface area contributed by atoms with Crippen LogP contribution in [0.3, 0.4) is 0 Å². The first-order valence-corrected chi connectivity index (χ1v) is 33.8.